The summed E-state index contributed by atoms with van der Waals surface area (Å²) in [5.74, 6) is -0.249. The highest BCUT2D eigenvalue weighted by atomic mass is 79.9. The van der Waals surface area contributed by atoms with Gasteiger partial charge in [-0.15, -0.1) is 0 Å². The second-order valence-corrected chi connectivity index (χ2v) is 17.0. The van der Waals surface area contributed by atoms with E-state index in [9.17, 15) is 24.0 Å². The third-order valence-corrected chi connectivity index (χ3v) is 12.8. The van der Waals surface area contributed by atoms with E-state index in [2.05, 4.69) is 56.5 Å². The molecule has 4 aliphatic heterocycles. The number of fused-ring (bicyclic) bond motifs is 1. The molecular formula is C39H40BrClN10O5S. The van der Waals surface area contributed by atoms with Crippen molar-refractivity contribution in [1.29, 1.82) is 0 Å². The molecule has 3 saturated heterocycles. The highest BCUT2D eigenvalue weighted by molar-refractivity contribution is 9.10. The number of hydrogen-bond donors (Lipinski definition) is 3. The summed E-state index contributed by atoms with van der Waals surface area (Å²) in [4.78, 5) is 86.2. The summed E-state index contributed by atoms with van der Waals surface area (Å²) in [5.41, 5.74) is 2.90. The van der Waals surface area contributed by atoms with Gasteiger partial charge in [-0.05, 0) is 78.4 Å². The molecule has 8 rings (SSSR count). The van der Waals surface area contributed by atoms with Crippen LogP contribution in [0.2, 0.25) is 5.02 Å². The van der Waals surface area contributed by atoms with E-state index >= 15 is 0 Å². The lowest BCUT2D eigenvalue weighted by molar-refractivity contribution is -0.136. The molecule has 3 fully saturated rings. The van der Waals surface area contributed by atoms with Gasteiger partial charge in [0.1, 0.15) is 28.4 Å². The van der Waals surface area contributed by atoms with Gasteiger partial charge in [0.25, 0.3) is 17.7 Å². The van der Waals surface area contributed by atoms with Gasteiger partial charge in [-0.25, -0.2) is 15.0 Å². The highest BCUT2D eigenvalue weighted by Crippen LogP contribution is 2.35. The zero-order valence-electron chi connectivity index (χ0n) is 31.3. The fourth-order valence-electron chi connectivity index (χ4n) is 7.99. The van der Waals surface area contributed by atoms with E-state index in [1.54, 1.807) is 12.1 Å². The molecule has 6 heterocycles. The van der Waals surface area contributed by atoms with Crippen LogP contribution in [0.4, 0.5) is 22.5 Å². The first-order chi connectivity index (χ1) is 27.4. The number of thiazole rings is 1. The number of piperazine rings is 1. The Hall–Kier alpha value is -4.81. The molecule has 0 bridgehead atoms. The van der Waals surface area contributed by atoms with E-state index in [1.165, 1.54) is 17.5 Å². The van der Waals surface area contributed by atoms with Crippen molar-refractivity contribution in [3.05, 3.63) is 85.0 Å². The number of nitrogens with one attached hydrogen (secondary N) is 3. The molecule has 18 heteroatoms. The number of anilines is 4. The van der Waals surface area contributed by atoms with Crippen molar-refractivity contribution in [1.82, 2.24) is 35.0 Å². The third kappa shape index (κ3) is 8.16. The summed E-state index contributed by atoms with van der Waals surface area (Å²) < 4.78 is 0.525. The van der Waals surface area contributed by atoms with Crippen molar-refractivity contribution in [3.63, 3.8) is 0 Å². The number of nitrogens with zero attached hydrogens (tertiary/aromatic N) is 7. The maximum Gasteiger partial charge on any atom is 0.267 e. The molecule has 1 atom stereocenters. The van der Waals surface area contributed by atoms with Gasteiger partial charge in [0.2, 0.25) is 11.8 Å². The Labute approximate surface area is 346 Å². The summed E-state index contributed by atoms with van der Waals surface area (Å²) in [6, 6.07) is 10.5. The lowest BCUT2D eigenvalue weighted by atomic mass is 10.0. The standard InChI is InChI=1S/C39H40BrClN10O5S/c1-21-4-3-5-27(41)34(21)47-36(54)29-19-42-39(57-29)45-30-18-31(44-22(2)43-30)50-10-8-24(9-11-50)49-14-12-48(13-15-49)20-23-16-25-33(26(40)17-23)38(56)51(37(25)55)28-6-7-32(52)46-35(28)53/h3-5,16-19,24,28H,6-15,20H2,1-2H3,(H,47,54)(H,46,52,53)(H,42,43,44,45). The average molecular weight is 876 g/mol. The molecule has 2 aromatic heterocycles. The first kappa shape index (κ1) is 39.0. The Bertz CT molecular complexity index is 2270. The van der Waals surface area contributed by atoms with Gasteiger partial charge in [0.15, 0.2) is 5.13 Å². The molecule has 2 aromatic carbocycles. The van der Waals surface area contributed by atoms with E-state index < -0.39 is 29.7 Å². The molecule has 57 heavy (non-hydrogen) atoms. The van der Waals surface area contributed by atoms with Crippen LogP contribution in [-0.4, -0.2) is 111 Å². The van der Waals surface area contributed by atoms with Crippen molar-refractivity contribution in [2.45, 2.75) is 58.2 Å². The normalized spacial score (nSPS) is 19.5. The van der Waals surface area contributed by atoms with Gasteiger partial charge in [-0.2, -0.15) is 0 Å². The number of amides is 5. The maximum absolute atomic E-state index is 13.4. The SMILES string of the molecule is Cc1nc(Nc2ncc(C(=O)Nc3c(C)cccc3Cl)s2)cc(N2CCC(N3CCN(Cc4cc(Br)c5c(c4)C(=O)N(C4CCC(=O)NC4=O)C5=O)CC3)CC2)n1. The third-order valence-electron chi connectivity index (χ3n) is 10.9. The lowest BCUT2D eigenvalue weighted by Gasteiger charge is -2.43. The van der Waals surface area contributed by atoms with Crippen molar-refractivity contribution >= 4 is 90.9 Å². The molecule has 15 nitrogen and oxygen atoms in total. The van der Waals surface area contributed by atoms with Gasteiger partial charge in [-0.3, -0.25) is 44.0 Å². The average Bonchev–Trinajstić information content (AvgIpc) is 3.75. The lowest BCUT2D eigenvalue weighted by Crippen LogP contribution is -2.54. The quantitative estimate of drug-likeness (QED) is 0.189. The summed E-state index contributed by atoms with van der Waals surface area (Å²) in [6.45, 7) is 9.66. The molecule has 0 saturated carbocycles. The molecule has 5 amide bonds. The Morgan fingerprint density at radius 2 is 1.75 bits per heavy atom. The smallest absolute Gasteiger partial charge is 0.267 e. The zero-order valence-corrected chi connectivity index (χ0v) is 34.5. The van der Waals surface area contributed by atoms with E-state index in [0.29, 0.717) is 49.4 Å². The van der Waals surface area contributed by atoms with Crippen molar-refractivity contribution in [3.8, 4) is 0 Å². The maximum atomic E-state index is 13.4. The van der Waals surface area contributed by atoms with Gasteiger partial charge >= 0.3 is 0 Å². The van der Waals surface area contributed by atoms with Crippen LogP contribution in [0.5, 0.6) is 0 Å². The number of carbonyl (C=O) groups excluding carboxylic acids is 5. The number of piperidine rings is 2. The van der Waals surface area contributed by atoms with Crippen LogP contribution in [0.15, 0.2) is 47.1 Å². The Kier molecular flexibility index (Phi) is 11.1. The van der Waals surface area contributed by atoms with Gasteiger partial charge in [-0.1, -0.05) is 35.1 Å². The molecule has 4 aromatic rings. The molecule has 3 N–H and O–H groups in total. The minimum absolute atomic E-state index is 0.0778. The molecule has 4 aliphatic rings. The van der Waals surface area contributed by atoms with Crippen LogP contribution in [-0.2, 0) is 16.1 Å². The van der Waals surface area contributed by atoms with Crippen LogP contribution >= 0.6 is 38.9 Å². The van der Waals surface area contributed by atoms with E-state index in [0.717, 1.165) is 74.0 Å². The topological polar surface area (TPSA) is 173 Å². The number of para-hydroxylation sites is 1. The van der Waals surface area contributed by atoms with Gasteiger partial charge < -0.3 is 15.5 Å². The number of rotatable bonds is 9. The highest BCUT2D eigenvalue weighted by Gasteiger charge is 2.45. The van der Waals surface area contributed by atoms with Gasteiger partial charge in [0, 0.05) is 68.8 Å². The molecule has 296 valence electrons. The van der Waals surface area contributed by atoms with Crippen LogP contribution in [0.3, 0.4) is 0 Å². The monoisotopic (exact) mass is 874 g/mol. The number of imide groups is 2. The van der Waals surface area contributed by atoms with Crippen molar-refractivity contribution in [2.24, 2.45) is 0 Å². The predicted octanol–water partition coefficient (Wildman–Crippen LogP) is 5.15. The fraction of sp³-hybridized carbons (Fsp3) is 0.385. The second-order valence-electron chi connectivity index (χ2n) is 14.7. The first-order valence-electron chi connectivity index (χ1n) is 18.8. The number of aryl methyl sites for hydroxylation is 2. The number of hydrogen-bond acceptors (Lipinski definition) is 13. The van der Waals surface area contributed by atoms with Crippen molar-refractivity contribution in [2.75, 3.05) is 54.8 Å². The van der Waals surface area contributed by atoms with Crippen LogP contribution in [0.1, 0.15) is 73.0 Å². The Morgan fingerprint density at radius 1 is 0.982 bits per heavy atom. The minimum atomic E-state index is -0.999. The Balaban J connectivity index is 0.829. The van der Waals surface area contributed by atoms with Crippen molar-refractivity contribution < 1.29 is 24.0 Å². The summed E-state index contributed by atoms with van der Waals surface area (Å²) in [7, 11) is 0. The summed E-state index contributed by atoms with van der Waals surface area (Å²) in [6.07, 6.45) is 3.73. The number of halogens is 2. The Morgan fingerprint density at radius 3 is 2.49 bits per heavy atom. The summed E-state index contributed by atoms with van der Waals surface area (Å²) >= 11 is 11.0. The predicted molar refractivity (Wildman–Crippen MR) is 219 cm³/mol. The van der Waals surface area contributed by atoms with E-state index in [-0.39, 0.29) is 29.9 Å². The second kappa shape index (κ2) is 16.2. The molecule has 0 radical (unpaired) electrons. The minimum Gasteiger partial charge on any atom is -0.356 e. The molecule has 0 aliphatic carbocycles. The molecule has 1 unspecified atom stereocenters. The van der Waals surface area contributed by atoms with Crippen LogP contribution < -0.4 is 20.9 Å². The summed E-state index contributed by atoms with van der Waals surface area (Å²) in [5, 5.41) is 9.41. The van der Waals surface area contributed by atoms with Crippen LogP contribution in [0.25, 0.3) is 0 Å². The zero-order chi connectivity index (χ0) is 40.0. The fourth-order valence-corrected chi connectivity index (χ4v) is 9.65. The first-order valence-corrected chi connectivity index (χ1v) is 20.8. The van der Waals surface area contributed by atoms with E-state index in [1.807, 2.05) is 38.1 Å². The largest absolute Gasteiger partial charge is 0.356 e. The molecular weight excluding hydrogens is 836 g/mol. The van der Waals surface area contributed by atoms with E-state index in [4.69, 9.17) is 16.6 Å². The van der Waals surface area contributed by atoms with Gasteiger partial charge in [0.05, 0.1) is 28.0 Å². The number of benzene rings is 2. The number of aromatic nitrogens is 3. The van der Waals surface area contributed by atoms with Crippen LogP contribution in [0, 0.1) is 13.8 Å². The number of carbonyl (C=O) groups is 5. The molecule has 0 spiro atoms.